The van der Waals surface area contributed by atoms with Crippen molar-refractivity contribution in [3.63, 3.8) is 0 Å². The number of rotatable bonds is 7. The van der Waals surface area contributed by atoms with Gasteiger partial charge in [0, 0.05) is 23.2 Å². The Bertz CT molecular complexity index is 825. The van der Waals surface area contributed by atoms with E-state index in [1.54, 1.807) is 31.2 Å². The maximum absolute atomic E-state index is 13.3. The molecule has 1 saturated heterocycles. The predicted octanol–water partition coefficient (Wildman–Crippen LogP) is 2.49. The third kappa shape index (κ3) is 4.23. The number of β-amino-alcohol motifs (C(OH)–C–C–N with tert-alkyl or cyclic N) is 1. The van der Waals surface area contributed by atoms with Crippen LogP contribution in [0.25, 0.3) is 0 Å². The van der Waals surface area contributed by atoms with Gasteiger partial charge in [0.15, 0.2) is 0 Å². The molecule has 1 fully saturated rings. The maximum atomic E-state index is 13.3. The van der Waals surface area contributed by atoms with E-state index in [4.69, 9.17) is 16.3 Å². The lowest BCUT2D eigenvalue weighted by atomic mass is 9.69. The zero-order chi connectivity index (χ0) is 21.8. The number of carbonyl (C=O) groups excluding carboxylic acids is 3. The van der Waals surface area contributed by atoms with Crippen molar-refractivity contribution in [1.82, 2.24) is 4.90 Å². The van der Waals surface area contributed by atoms with E-state index in [1.165, 1.54) is 4.90 Å². The van der Waals surface area contributed by atoms with Crippen molar-refractivity contribution < 1.29 is 24.2 Å². The first-order chi connectivity index (χ1) is 14.4. The summed E-state index contributed by atoms with van der Waals surface area (Å²) >= 11 is 5.90. The number of ether oxygens (including phenoxy) is 1. The molecule has 7 nitrogen and oxygen atoms in total. The molecular formula is C22H27ClN2O5. The average molecular weight is 435 g/mol. The predicted molar refractivity (Wildman–Crippen MR) is 113 cm³/mol. The molecule has 1 aliphatic carbocycles. The van der Waals surface area contributed by atoms with Crippen LogP contribution in [0.2, 0.25) is 5.02 Å². The lowest BCUT2D eigenvalue weighted by Gasteiger charge is -2.33. The number of carbonyl (C=O) groups is 3. The van der Waals surface area contributed by atoms with Crippen LogP contribution in [0.1, 0.15) is 20.3 Å². The van der Waals surface area contributed by atoms with Gasteiger partial charge in [0.1, 0.15) is 6.04 Å². The van der Waals surface area contributed by atoms with Crippen LogP contribution >= 0.6 is 11.6 Å². The number of anilines is 1. The van der Waals surface area contributed by atoms with Crippen molar-refractivity contribution in [1.29, 1.82) is 0 Å². The number of amides is 2. The Morgan fingerprint density at radius 1 is 1.20 bits per heavy atom. The normalized spacial score (nSPS) is 27.7. The molecule has 1 aromatic rings. The molecule has 1 heterocycles. The summed E-state index contributed by atoms with van der Waals surface area (Å²) in [4.78, 5) is 40.6. The second-order valence-electron chi connectivity index (χ2n) is 7.53. The van der Waals surface area contributed by atoms with Gasteiger partial charge in [-0.2, -0.15) is 0 Å². The van der Waals surface area contributed by atoms with Gasteiger partial charge in [0.25, 0.3) is 0 Å². The van der Waals surface area contributed by atoms with E-state index in [1.807, 2.05) is 19.1 Å². The number of hydrogen-bond donors (Lipinski definition) is 2. The molecule has 30 heavy (non-hydrogen) atoms. The Kier molecular flexibility index (Phi) is 7.15. The smallest absolute Gasteiger partial charge is 0.310 e. The monoisotopic (exact) mass is 434 g/mol. The Balaban J connectivity index is 1.94. The minimum atomic E-state index is -0.823. The van der Waals surface area contributed by atoms with E-state index >= 15 is 0 Å². The molecule has 0 spiro atoms. The second-order valence-corrected chi connectivity index (χ2v) is 7.97. The topological polar surface area (TPSA) is 95.9 Å². The van der Waals surface area contributed by atoms with Gasteiger partial charge in [-0.05, 0) is 43.5 Å². The largest absolute Gasteiger partial charge is 0.466 e. The fraction of sp³-hybridized carbons (Fsp3) is 0.500. The number of fused-ring (bicyclic) bond motifs is 1. The minimum Gasteiger partial charge on any atom is -0.466 e. The van der Waals surface area contributed by atoms with Crippen LogP contribution in [0.3, 0.4) is 0 Å². The van der Waals surface area contributed by atoms with Crippen LogP contribution in [-0.4, -0.2) is 53.6 Å². The molecule has 8 heteroatoms. The van der Waals surface area contributed by atoms with E-state index in [0.29, 0.717) is 17.1 Å². The molecule has 1 aromatic carbocycles. The number of halogens is 1. The summed E-state index contributed by atoms with van der Waals surface area (Å²) in [5.74, 6) is -3.03. The first-order valence-electron chi connectivity index (χ1n) is 10.3. The SMILES string of the molecule is CCOC(=O)[C@H]1[C@H]2C(=O)N(CCO)[C@H](C(=O)Nc3ccc(Cl)cc3)[C@H]2C=C[C@H]1CC. The van der Waals surface area contributed by atoms with Gasteiger partial charge in [0.2, 0.25) is 11.8 Å². The first-order valence-corrected chi connectivity index (χ1v) is 10.6. The van der Waals surface area contributed by atoms with E-state index in [2.05, 4.69) is 5.32 Å². The number of allylic oxidation sites excluding steroid dienone is 1. The third-order valence-electron chi connectivity index (χ3n) is 5.86. The highest BCUT2D eigenvalue weighted by atomic mass is 35.5. The van der Waals surface area contributed by atoms with Crippen molar-refractivity contribution in [2.24, 2.45) is 23.7 Å². The molecule has 3 rings (SSSR count). The van der Waals surface area contributed by atoms with Gasteiger partial charge in [0.05, 0.1) is 25.0 Å². The van der Waals surface area contributed by atoms with Crippen LogP contribution in [0.15, 0.2) is 36.4 Å². The molecular weight excluding hydrogens is 408 g/mol. The molecule has 0 aromatic heterocycles. The van der Waals surface area contributed by atoms with Crippen LogP contribution in [-0.2, 0) is 19.1 Å². The molecule has 0 radical (unpaired) electrons. The van der Waals surface area contributed by atoms with Gasteiger partial charge in [-0.25, -0.2) is 0 Å². The zero-order valence-electron chi connectivity index (χ0n) is 17.1. The van der Waals surface area contributed by atoms with Crippen LogP contribution in [0.5, 0.6) is 0 Å². The van der Waals surface area contributed by atoms with Crippen molar-refractivity contribution in [3.8, 4) is 0 Å². The van der Waals surface area contributed by atoms with Crippen LogP contribution < -0.4 is 5.32 Å². The van der Waals surface area contributed by atoms with E-state index < -0.39 is 29.8 Å². The van der Waals surface area contributed by atoms with Crippen LogP contribution in [0, 0.1) is 23.7 Å². The van der Waals surface area contributed by atoms with Crippen LogP contribution in [0.4, 0.5) is 5.69 Å². The second kappa shape index (κ2) is 9.62. The standard InChI is InChI=1S/C22H27ClN2O5/c1-3-13-5-10-16-18(17(13)22(29)30-4-2)21(28)25(11-12-26)19(16)20(27)24-15-8-6-14(23)7-9-15/h5-10,13,16-19,26H,3-4,11-12H2,1-2H3,(H,24,27)/t13-,16+,17-,18+,19+/m1/s1. The lowest BCUT2D eigenvalue weighted by molar-refractivity contribution is -0.155. The summed E-state index contributed by atoms with van der Waals surface area (Å²) in [6, 6.07) is 5.85. The van der Waals surface area contributed by atoms with Crippen molar-refractivity contribution in [2.45, 2.75) is 26.3 Å². The van der Waals surface area contributed by atoms with Gasteiger partial charge in [-0.1, -0.05) is 30.7 Å². The maximum Gasteiger partial charge on any atom is 0.310 e. The number of benzene rings is 1. The molecule has 2 amide bonds. The molecule has 0 saturated carbocycles. The highest BCUT2D eigenvalue weighted by Gasteiger charge is 2.57. The Morgan fingerprint density at radius 3 is 2.50 bits per heavy atom. The van der Waals surface area contributed by atoms with E-state index in [-0.39, 0.29) is 37.5 Å². The summed E-state index contributed by atoms with van der Waals surface area (Å²) in [5.41, 5.74) is 0.553. The minimum absolute atomic E-state index is 0.0186. The third-order valence-corrected chi connectivity index (χ3v) is 6.12. The fourth-order valence-electron chi connectivity index (χ4n) is 4.55. The number of esters is 1. The molecule has 0 bridgehead atoms. The molecule has 5 atom stereocenters. The quantitative estimate of drug-likeness (QED) is 0.507. The molecule has 1 aliphatic heterocycles. The summed E-state index contributed by atoms with van der Waals surface area (Å²) in [6.07, 6.45) is 4.47. The summed E-state index contributed by atoms with van der Waals surface area (Å²) < 4.78 is 5.26. The summed E-state index contributed by atoms with van der Waals surface area (Å²) in [7, 11) is 0. The van der Waals surface area contributed by atoms with Crippen molar-refractivity contribution >= 4 is 35.1 Å². The number of aliphatic hydroxyl groups excluding tert-OH is 1. The number of aliphatic hydroxyl groups is 1. The highest BCUT2D eigenvalue weighted by molar-refractivity contribution is 6.30. The molecule has 162 valence electrons. The Hall–Kier alpha value is -2.38. The van der Waals surface area contributed by atoms with Gasteiger partial charge in [-0.3, -0.25) is 14.4 Å². The van der Waals surface area contributed by atoms with Crippen molar-refractivity contribution in [3.05, 3.63) is 41.4 Å². The number of likely N-dealkylation sites (tertiary alicyclic amines) is 1. The number of nitrogens with zero attached hydrogens (tertiary/aromatic N) is 1. The Morgan fingerprint density at radius 2 is 1.90 bits per heavy atom. The van der Waals surface area contributed by atoms with Gasteiger partial charge in [-0.15, -0.1) is 0 Å². The lowest BCUT2D eigenvalue weighted by Crippen LogP contribution is -2.45. The number of nitrogens with one attached hydrogen (secondary N) is 1. The van der Waals surface area contributed by atoms with E-state index in [9.17, 15) is 19.5 Å². The molecule has 2 N–H and O–H groups in total. The highest BCUT2D eigenvalue weighted by Crippen LogP contribution is 2.45. The Labute approximate surface area is 181 Å². The summed E-state index contributed by atoms with van der Waals surface area (Å²) in [5, 5.41) is 12.9. The van der Waals surface area contributed by atoms with E-state index in [0.717, 1.165) is 0 Å². The van der Waals surface area contributed by atoms with Crippen molar-refractivity contribution in [2.75, 3.05) is 25.1 Å². The van der Waals surface area contributed by atoms with Gasteiger partial charge >= 0.3 is 5.97 Å². The molecule has 2 aliphatic rings. The average Bonchev–Trinajstić information content (AvgIpc) is 3.01. The fourth-order valence-corrected chi connectivity index (χ4v) is 4.67. The summed E-state index contributed by atoms with van der Waals surface area (Å²) in [6.45, 7) is 3.65. The first kappa shape index (κ1) is 22.3. The zero-order valence-corrected chi connectivity index (χ0v) is 17.8. The number of hydrogen-bond acceptors (Lipinski definition) is 5. The molecule has 0 unspecified atom stereocenters. The van der Waals surface area contributed by atoms with Gasteiger partial charge < -0.3 is 20.1 Å².